The lowest BCUT2D eigenvalue weighted by atomic mass is 9.58. The third-order valence-electron chi connectivity index (χ3n) is 7.25. The molecule has 0 aliphatic heterocycles. The van der Waals surface area contributed by atoms with Crippen LogP contribution in [0.2, 0.25) is 0 Å². The number of benzene rings is 1. The van der Waals surface area contributed by atoms with Crippen molar-refractivity contribution in [3.05, 3.63) is 52.9 Å². The second-order valence-corrected chi connectivity index (χ2v) is 10.7. The molecule has 36 heavy (non-hydrogen) atoms. The lowest BCUT2D eigenvalue weighted by molar-refractivity contribution is -0.163. The van der Waals surface area contributed by atoms with Crippen LogP contribution in [-0.2, 0) is 16.6 Å². The molecule has 2 heterocycles. The summed E-state index contributed by atoms with van der Waals surface area (Å²) in [6.45, 7) is 1.87. The maximum absolute atomic E-state index is 13.0. The molecule has 0 radical (unpaired) electrons. The van der Waals surface area contributed by atoms with Crippen molar-refractivity contribution in [2.45, 2.75) is 50.8 Å². The molecule has 2 aromatic heterocycles. The Kier molecular flexibility index (Phi) is 6.24. The highest BCUT2D eigenvalue weighted by molar-refractivity contribution is 7.15. The van der Waals surface area contributed by atoms with Crippen LogP contribution in [0.5, 0.6) is 0 Å². The van der Waals surface area contributed by atoms with Crippen LogP contribution < -0.4 is 5.32 Å². The predicted molar refractivity (Wildman–Crippen MR) is 128 cm³/mol. The Morgan fingerprint density at radius 1 is 1.17 bits per heavy atom. The van der Waals surface area contributed by atoms with Crippen molar-refractivity contribution in [1.29, 1.82) is 0 Å². The molecule has 2 atom stereocenters. The lowest BCUT2D eigenvalue weighted by Crippen LogP contribution is -2.51. The van der Waals surface area contributed by atoms with Crippen LogP contribution in [0, 0.1) is 24.7 Å². The number of thiazole rings is 1. The molecular formula is C25H25F3N4O3S. The molecule has 7 nitrogen and oxygen atoms in total. The van der Waals surface area contributed by atoms with Crippen molar-refractivity contribution in [3.63, 3.8) is 0 Å². The Hall–Kier alpha value is -3.05. The smallest absolute Gasteiger partial charge is 0.433 e. The fourth-order valence-electron chi connectivity index (χ4n) is 5.61. The number of hydrogen-bond acceptors (Lipinski definition) is 7. The van der Waals surface area contributed by atoms with Gasteiger partial charge in [0.25, 0.3) is 0 Å². The molecule has 5 rings (SSSR count). The van der Waals surface area contributed by atoms with E-state index in [-0.39, 0.29) is 17.8 Å². The van der Waals surface area contributed by atoms with E-state index in [1.54, 1.807) is 18.3 Å². The first-order chi connectivity index (χ1) is 17.0. The number of nitrogens with zero attached hydrogens (tertiary/aromatic N) is 3. The first-order valence-corrected chi connectivity index (χ1v) is 12.6. The number of alkyl halides is 3. The number of aromatic nitrogens is 3. The van der Waals surface area contributed by atoms with Crippen LogP contribution in [0.1, 0.15) is 48.4 Å². The maximum atomic E-state index is 13.0. The van der Waals surface area contributed by atoms with Crippen molar-refractivity contribution in [3.8, 4) is 10.4 Å². The third kappa shape index (κ3) is 4.57. The molecule has 0 amide bonds. The third-order valence-corrected chi connectivity index (χ3v) is 8.44. The average molecular weight is 519 g/mol. The quantitative estimate of drug-likeness (QED) is 0.394. The number of carboxylic acids is 1. The van der Waals surface area contributed by atoms with Gasteiger partial charge in [0, 0.05) is 18.1 Å². The van der Waals surface area contributed by atoms with Crippen molar-refractivity contribution >= 4 is 28.9 Å². The molecule has 3 N–H and O–H groups in total. The first-order valence-electron chi connectivity index (χ1n) is 11.7. The minimum atomic E-state index is -4.57. The SMILES string of the molecule is Cc1cc(Nc2nccc(C(F)(F)F)n2)cc(-c2cnc(C3(O)C4CCCC3CC(C(=O)O)C4)s2)c1. The fourth-order valence-corrected chi connectivity index (χ4v) is 6.76. The van der Waals surface area contributed by atoms with E-state index >= 15 is 0 Å². The topological polar surface area (TPSA) is 108 Å². The van der Waals surface area contributed by atoms with E-state index in [4.69, 9.17) is 0 Å². The molecule has 190 valence electrons. The summed E-state index contributed by atoms with van der Waals surface area (Å²) < 4.78 is 39.0. The second-order valence-electron chi connectivity index (χ2n) is 9.66. The number of rotatable bonds is 5. The minimum absolute atomic E-state index is 0.155. The van der Waals surface area contributed by atoms with Gasteiger partial charge in [-0.1, -0.05) is 12.5 Å². The van der Waals surface area contributed by atoms with Gasteiger partial charge in [0.1, 0.15) is 16.3 Å². The van der Waals surface area contributed by atoms with E-state index in [1.807, 2.05) is 13.0 Å². The van der Waals surface area contributed by atoms with E-state index in [0.717, 1.165) is 47.5 Å². The van der Waals surface area contributed by atoms with Crippen LogP contribution >= 0.6 is 11.3 Å². The summed E-state index contributed by atoms with van der Waals surface area (Å²) in [6, 6.07) is 6.30. The van der Waals surface area contributed by atoms with E-state index in [0.29, 0.717) is 23.5 Å². The van der Waals surface area contributed by atoms with Gasteiger partial charge in [-0.3, -0.25) is 4.79 Å². The molecule has 2 saturated carbocycles. The number of fused-ring (bicyclic) bond motifs is 2. The molecule has 2 bridgehead atoms. The maximum Gasteiger partial charge on any atom is 0.433 e. The van der Waals surface area contributed by atoms with E-state index in [2.05, 4.69) is 20.3 Å². The van der Waals surface area contributed by atoms with Gasteiger partial charge in [-0.15, -0.1) is 11.3 Å². The zero-order valence-electron chi connectivity index (χ0n) is 19.4. The molecule has 2 unspecified atom stereocenters. The molecular weight excluding hydrogens is 493 g/mol. The Labute approximate surface area is 209 Å². The standard InChI is InChI=1S/C25H25F3N4O3S/c1-13-7-14(11-18(8-13)31-23-29-6-5-20(32-23)25(26,27)28)19-12-30-22(36-19)24(35)16-3-2-4-17(24)10-15(9-16)21(33)34/h5-8,11-12,15-17,35H,2-4,9-10H2,1H3,(H,33,34)(H,29,31,32). The van der Waals surface area contributed by atoms with Crippen LogP contribution in [0.4, 0.5) is 24.8 Å². The zero-order chi connectivity index (χ0) is 25.7. The van der Waals surface area contributed by atoms with Crippen LogP contribution in [-0.4, -0.2) is 31.1 Å². The van der Waals surface area contributed by atoms with E-state index in [9.17, 15) is 28.2 Å². The summed E-state index contributed by atoms with van der Waals surface area (Å²) in [5.41, 5.74) is 0.00747. The van der Waals surface area contributed by atoms with Crippen LogP contribution in [0.25, 0.3) is 10.4 Å². The number of carboxylic acid groups (broad SMARTS) is 1. The molecule has 2 aliphatic rings. The van der Waals surface area contributed by atoms with Gasteiger partial charge in [0.2, 0.25) is 5.95 Å². The molecule has 11 heteroatoms. The van der Waals surface area contributed by atoms with Crippen molar-refractivity contribution < 1.29 is 28.2 Å². The number of anilines is 2. The fraction of sp³-hybridized carbons (Fsp3) is 0.440. The number of aryl methyl sites for hydroxylation is 1. The number of aliphatic carboxylic acids is 1. The summed E-state index contributed by atoms with van der Waals surface area (Å²) in [5, 5.41) is 24.8. The molecule has 2 aliphatic carbocycles. The summed E-state index contributed by atoms with van der Waals surface area (Å²) in [5.74, 6) is -1.72. The molecule has 3 aromatic rings. The van der Waals surface area contributed by atoms with Crippen LogP contribution in [0.3, 0.4) is 0 Å². The molecule has 1 aromatic carbocycles. The highest BCUT2D eigenvalue weighted by Gasteiger charge is 2.54. The van der Waals surface area contributed by atoms with Gasteiger partial charge < -0.3 is 15.5 Å². The average Bonchev–Trinajstić information content (AvgIpc) is 3.29. The van der Waals surface area contributed by atoms with Crippen molar-refractivity contribution in [1.82, 2.24) is 15.0 Å². The zero-order valence-corrected chi connectivity index (χ0v) is 20.2. The number of nitrogens with one attached hydrogen (secondary N) is 1. The summed E-state index contributed by atoms with van der Waals surface area (Å²) in [7, 11) is 0. The first kappa shape index (κ1) is 24.6. The molecule has 0 spiro atoms. The predicted octanol–water partition coefficient (Wildman–Crippen LogP) is 5.77. The van der Waals surface area contributed by atoms with Gasteiger partial charge in [0.05, 0.1) is 10.8 Å². The summed E-state index contributed by atoms with van der Waals surface area (Å²) in [6.07, 6.45) is 1.55. The monoisotopic (exact) mass is 518 g/mol. The van der Waals surface area contributed by atoms with E-state index < -0.39 is 29.4 Å². The van der Waals surface area contributed by atoms with Gasteiger partial charge in [-0.05, 0) is 73.8 Å². The Morgan fingerprint density at radius 3 is 2.56 bits per heavy atom. The summed E-state index contributed by atoms with van der Waals surface area (Å²) in [4.78, 5) is 24.5. The van der Waals surface area contributed by atoms with Gasteiger partial charge in [-0.25, -0.2) is 15.0 Å². The number of aliphatic hydroxyl groups is 1. The van der Waals surface area contributed by atoms with Crippen molar-refractivity contribution in [2.75, 3.05) is 5.32 Å². The van der Waals surface area contributed by atoms with Crippen molar-refractivity contribution in [2.24, 2.45) is 17.8 Å². The lowest BCUT2D eigenvalue weighted by Gasteiger charge is -2.50. The number of hydrogen-bond donors (Lipinski definition) is 3. The Morgan fingerprint density at radius 2 is 1.89 bits per heavy atom. The largest absolute Gasteiger partial charge is 0.481 e. The minimum Gasteiger partial charge on any atom is -0.481 e. The Balaban J connectivity index is 1.42. The van der Waals surface area contributed by atoms with E-state index in [1.165, 1.54) is 11.3 Å². The van der Waals surface area contributed by atoms with Gasteiger partial charge in [0.15, 0.2) is 0 Å². The number of halogens is 3. The second kappa shape index (κ2) is 9.11. The highest BCUT2D eigenvalue weighted by atomic mass is 32.1. The van der Waals surface area contributed by atoms with Crippen LogP contribution in [0.15, 0.2) is 36.7 Å². The normalized spacial score (nSPS) is 26.0. The highest BCUT2D eigenvalue weighted by Crippen LogP contribution is 2.55. The number of carbonyl (C=O) groups is 1. The van der Waals surface area contributed by atoms with Gasteiger partial charge >= 0.3 is 12.1 Å². The molecule has 0 saturated heterocycles. The Bertz CT molecular complexity index is 1280. The van der Waals surface area contributed by atoms with Gasteiger partial charge in [-0.2, -0.15) is 13.2 Å². The summed E-state index contributed by atoms with van der Waals surface area (Å²) >= 11 is 1.37. The molecule has 2 fully saturated rings.